The van der Waals surface area contributed by atoms with Crippen molar-refractivity contribution in [3.05, 3.63) is 53.2 Å². The van der Waals surface area contributed by atoms with Gasteiger partial charge in [-0.1, -0.05) is 6.07 Å². The van der Waals surface area contributed by atoms with Crippen LogP contribution in [0.3, 0.4) is 0 Å². The number of rotatable bonds is 5. The zero-order chi connectivity index (χ0) is 17.7. The lowest BCUT2D eigenvalue weighted by molar-refractivity contribution is -0.136. The highest BCUT2D eigenvalue weighted by Crippen LogP contribution is 2.23. The van der Waals surface area contributed by atoms with E-state index in [0.29, 0.717) is 17.1 Å². The van der Waals surface area contributed by atoms with Crippen molar-refractivity contribution in [2.45, 2.75) is 26.4 Å². The van der Waals surface area contributed by atoms with Gasteiger partial charge in [0.2, 0.25) is 0 Å². The Morgan fingerprint density at radius 2 is 2.00 bits per heavy atom. The molecule has 7 heteroatoms. The van der Waals surface area contributed by atoms with Gasteiger partial charge in [0, 0.05) is 17.8 Å². The van der Waals surface area contributed by atoms with E-state index >= 15 is 0 Å². The maximum atomic E-state index is 13.0. The normalized spacial score (nSPS) is 11.8. The molecule has 0 spiro atoms. The minimum atomic E-state index is -0.898. The first-order valence-electron chi connectivity index (χ1n) is 7.46. The summed E-state index contributed by atoms with van der Waals surface area (Å²) < 4.78 is 18.4. The maximum absolute atomic E-state index is 13.0. The van der Waals surface area contributed by atoms with Crippen molar-refractivity contribution < 1.29 is 23.5 Å². The number of carbonyl (C=O) groups is 2. The molecule has 2 amide bonds. The van der Waals surface area contributed by atoms with Crippen LogP contribution in [0.25, 0.3) is 0 Å². The van der Waals surface area contributed by atoms with Crippen molar-refractivity contribution in [2.75, 3.05) is 11.9 Å². The van der Waals surface area contributed by atoms with Crippen molar-refractivity contribution in [3.63, 3.8) is 0 Å². The molecule has 1 aromatic heterocycles. The number of furan rings is 1. The Labute approximate surface area is 138 Å². The molecule has 1 heterocycles. The van der Waals surface area contributed by atoms with Crippen LogP contribution in [-0.2, 0) is 9.59 Å². The van der Waals surface area contributed by atoms with Crippen molar-refractivity contribution in [3.8, 4) is 0 Å². The summed E-state index contributed by atoms with van der Waals surface area (Å²) in [5.74, 6) is -0.950. The SMILES string of the molecule is Cc1cc(C(O)CCNC(=O)C(=O)Nc2cccc(F)c2)c(C)o1. The lowest BCUT2D eigenvalue weighted by Crippen LogP contribution is -2.36. The summed E-state index contributed by atoms with van der Waals surface area (Å²) in [6.45, 7) is 3.64. The number of benzene rings is 1. The molecule has 0 bridgehead atoms. The fourth-order valence-electron chi connectivity index (χ4n) is 2.29. The number of anilines is 1. The molecule has 1 atom stereocenters. The Hall–Kier alpha value is -2.67. The van der Waals surface area contributed by atoms with E-state index in [1.165, 1.54) is 18.2 Å². The highest BCUT2D eigenvalue weighted by Gasteiger charge is 2.17. The first-order chi connectivity index (χ1) is 11.4. The third kappa shape index (κ3) is 4.66. The standard InChI is InChI=1S/C17H19FN2O4/c1-10-8-14(11(2)24-10)15(21)6-7-19-16(22)17(23)20-13-5-3-4-12(18)9-13/h3-5,8-9,15,21H,6-7H2,1-2H3,(H,19,22)(H,20,23). The van der Waals surface area contributed by atoms with Crippen LogP contribution in [0.1, 0.15) is 29.6 Å². The summed E-state index contributed by atoms with van der Waals surface area (Å²) in [6.07, 6.45) is -0.562. The van der Waals surface area contributed by atoms with E-state index in [-0.39, 0.29) is 18.7 Å². The number of aryl methyl sites for hydroxylation is 2. The minimum absolute atomic E-state index is 0.111. The Bertz CT molecular complexity index is 742. The Morgan fingerprint density at radius 1 is 1.25 bits per heavy atom. The highest BCUT2D eigenvalue weighted by molar-refractivity contribution is 6.39. The molecule has 0 aliphatic carbocycles. The van der Waals surface area contributed by atoms with E-state index in [4.69, 9.17) is 4.42 Å². The second-order valence-electron chi connectivity index (χ2n) is 5.39. The van der Waals surface area contributed by atoms with Gasteiger partial charge >= 0.3 is 11.8 Å². The largest absolute Gasteiger partial charge is 0.466 e. The second-order valence-corrected chi connectivity index (χ2v) is 5.39. The molecule has 1 aromatic carbocycles. The van der Waals surface area contributed by atoms with E-state index in [0.717, 1.165) is 6.07 Å². The lowest BCUT2D eigenvalue weighted by Gasteiger charge is -2.10. The van der Waals surface area contributed by atoms with Crippen molar-refractivity contribution in [1.29, 1.82) is 0 Å². The van der Waals surface area contributed by atoms with Gasteiger partial charge in [-0.15, -0.1) is 0 Å². The molecule has 0 aliphatic heterocycles. The first-order valence-corrected chi connectivity index (χ1v) is 7.46. The number of hydrogen-bond donors (Lipinski definition) is 3. The molecule has 2 rings (SSSR count). The van der Waals surface area contributed by atoms with Crippen molar-refractivity contribution in [1.82, 2.24) is 5.32 Å². The van der Waals surface area contributed by atoms with Gasteiger partial charge in [0.1, 0.15) is 17.3 Å². The Morgan fingerprint density at radius 3 is 2.62 bits per heavy atom. The van der Waals surface area contributed by atoms with E-state index in [1.807, 2.05) is 0 Å². The zero-order valence-corrected chi connectivity index (χ0v) is 13.4. The smallest absolute Gasteiger partial charge is 0.313 e. The molecule has 0 saturated carbocycles. The average Bonchev–Trinajstić information content (AvgIpc) is 2.85. The molecule has 2 aromatic rings. The number of aliphatic hydroxyl groups is 1. The monoisotopic (exact) mass is 334 g/mol. The first kappa shape index (κ1) is 17.7. The van der Waals surface area contributed by atoms with Crippen LogP contribution in [0.2, 0.25) is 0 Å². The third-order valence-electron chi connectivity index (χ3n) is 3.43. The molecule has 0 radical (unpaired) electrons. The molecule has 0 saturated heterocycles. The Balaban J connectivity index is 1.80. The fraction of sp³-hybridized carbons (Fsp3) is 0.294. The van der Waals surface area contributed by atoms with Crippen LogP contribution in [0.4, 0.5) is 10.1 Å². The van der Waals surface area contributed by atoms with E-state index in [9.17, 15) is 19.1 Å². The topological polar surface area (TPSA) is 91.6 Å². The van der Waals surface area contributed by atoms with Gasteiger partial charge < -0.3 is 20.2 Å². The molecule has 0 aliphatic rings. The van der Waals surface area contributed by atoms with Gasteiger partial charge in [-0.25, -0.2) is 4.39 Å². The van der Waals surface area contributed by atoms with Gasteiger partial charge in [0.25, 0.3) is 0 Å². The summed E-state index contributed by atoms with van der Waals surface area (Å²) >= 11 is 0. The van der Waals surface area contributed by atoms with Crippen LogP contribution in [-0.4, -0.2) is 23.5 Å². The van der Waals surface area contributed by atoms with Crippen LogP contribution in [0.15, 0.2) is 34.7 Å². The van der Waals surface area contributed by atoms with Crippen molar-refractivity contribution in [2.24, 2.45) is 0 Å². The predicted octanol–water partition coefficient (Wildman–Crippen LogP) is 2.21. The lowest BCUT2D eigenvalue weighted by atomic mass is 10.1. The molecule has 1 unspecified atom stereocenters. The minimum Gasteiger partial charge on any atom is -0.466 e. The second kappa shape index (κ2) is 7.74. The summed E-state index contributed by atoms with van der Waals surface area (Å²) in [4.78, 5) is 23.4. The number of amides is 2. The number of carbonyl (C=O) groups excluding carboxylic acids is 2. The number of aliphatic hydroxyl groups excluding tert-OH is 1. The predicted molar refractivity (Wildman–Crippen MR) is 85.8 cm³/mol. The van der Waals surface area contributed by atoms with Crippen LogP contribution in [0.5, 0.6) is 0 Å². The number of nitrogens with one attached hydrogen (secondary N) is 2. The van der Waals surface area contributed by atoms with Crippen LogP contribution < -0.4 is 10.6 Å². The molecular formula is C17H19FN2O4. The maximum Gasteiger partial charge on any atom is 0.313 e. The molecule has 0 fully saturated rings. The van der Waals surface area contributed by atoms with E-state index in [1.54, 1.807) is 19.9 Å². The molecule has 128 valence electrons. The molecular weight excluding hydrogens is 315 g/mol. The van der Waals surface area contributed by atoms with Gasteiger partial charge in [-0.3, -0.25) is 9.59 Å². The Kier molecular flexibility index (Phi) is 5.70. The van der Waals surface area contributed by atoms with Crippen LogP contribution >= 0.6 is 0 Å². The molecule has 24 heavy (non-hydrogen) atoms. The van der Waals surface area contributed by atoms with Crippen molar-refractivity contribution >= 4 is 17.5 Å². The number of halogens is 1. The zero-order valence-electron chi connectivity index (χ0n) is 13.4. The summed E-state index contributed by atoms with van der Waals surface area (Å²) in [7, 11) is 0. The highest BCUT2D eigenvalue weighted by atomic mass is 19.1. The van der Waals surface area contributed by atoms with E-state index in [2.05, 4.69) is 10.6 Å². The van der Waals surface area contributed by atoms with Gasteiger partial charge in [-0.2, -0.15) is 0 Å². The summed E-state index contributed by atoms with van der Waals surface area (Å²) in [5.41, 5.74) is 0.852. The third-order valence-corrected chi connectivity index (χ3v) is 3.43. The van der Waals surface area contributed by atoms with Gasteiger partial charge in [0.15, 0.2) is 0 Å². The quantitative estimate of drug-likeness (QED) is 0.731. The molecule has 6 nitrogen and oxygen atoms in total. The molecule has 3 N–H and O–H groups in total. The van der Waals surface area contributed by atoms with Gasteiger partial charge in [0.05, 0.1) is 6.10 Å². The van der Waals surface area contributed by atoms with Crippen LogP contribution in [0, 0.1) is 19.7 Å². The summed E-state index contributed by atoms with van der Waals surface area (Å²) in [5, 5.41) is 14.8. The fourth-order valence-corrected chi connectivity index (χ4v) is 2.29. The average molecular weight is 334 g/mol. The van der Waals surface area contributed by atoms with E-state index < -0.39 is 23.7 Å². The van der Waals surface area contributed by atoms with Gasteiger partial charge in [-0.05, 0) is 44.5 Å². The number of hydrogen-bond acceptors (Lipinski definition) is 4. The summed E-state index contributed by atoms with van der Waals surface area (Å²) in [6, 6.07) is 6.98.